The highest BCUT2D eigenvalue weighted by atomic mass is 35.5. The van der Waals surface area contributed by atoms with Gasteiger partial charge in [-0.25, -0.2) is 0 Å². The molecule has 1 aromatic carbocycles. The molecular weight excluding hydrogens is 422 g/mol. The number of thioether (sulfide) groups is 1. The van der Waals surface area contributed by atoms with Gasteiger partial charge < -0.3 is 9.73 Å². The zero-order valence-electron chi connectivity index (χ0n) is 16.1. The van der Waals surface area contributed by atoms with Crippen LogP contribution in [0.25, 0.3) is 11.4 Å². The van der Waals surface area contributed by atoms with Gasteiger partial charge in [-0.1, -0.05) is 29.4 Å². The summed E-state index contributed by atoms with van der Waals surface area (Å²) < 4.78 is 7.40. The number of hydrogen-bond donors (Lipinski definition) is 1. The van der Waals surface area contributed by atoms with E-state index < -0.39 is 0 Å². The molecule has 4 aromatic rings. The lowest BCUT2D eigenvalue weighted by Crippen LogP contribution is -2.15. The molecule has 0 aliphatic rings. The number of furan rings is 1. The zero-order chi connectivity index (χ0) is 20.9. The van der Waals surface area contributed by atoms with Crippen molar-refractivity contribution in [3.8, 4) is 11.4 Å². The maximum atomic E-state index is 12.5. The Bertz CT molecular complexity index is 1150. The van der Waals surface area contributed by atoms with Crippen LogP contribution in [0.4, 0.5) is 5.69 Å². The lowest BCUT2D eigenvalue weighted by molar-refractivity contribution is -0.113. The molecule has 4 rings (SSSR count). The Morgan fingerprint density at radius 1 is 1.20 bits per heavy atom. The summed E-state index contributed by atoms with van der Waals surface area (Å²) in [4.78, 5) is 16.7. The van der Waals surface area contributed by atoms with Gasteiger partial charge in [-0.3, -0.25) is 14.3 Å². The van der Waals surface area contributed by atoms with Crippen molar-refractivity contribution in [1.29, 1.82) is 0 Å². The third-order valence-corrected chi connectivity index (χ3v) is 5.78. The Morgan fingerprint density at radius 2 is 2.10 bits per heavy atom. The molecule has 0 bridgehead atoms. The lowest BCUT2D eigenvalue weighted by Gasteiger charge is -2.10. The van der Waals surface area contributed by atoms with Crippen LogP contribution in [0.2, 0.25) is 5.02 Å². The van der Waals surface area contributed by atoms with Crippen LogP contribution in [0.5, 0.6) is 0 Å². The number of rotatable bonds is 7. The van der Waals surface area contributed by atoms with E-state index in [4.69, 9.17) is 16.0 Å². The molecule has 1 N–H and O–H groups in total. The number of hydrogen-bond acceptors (Lipinski definition) is 6. The van der Waals surface area contributed by atoms with Crippen molar-refractivity contribution in [1.82, 2.24) is 19.7 Å². The Hall–Kier alpha value is -3.10. The molecule has 0 radical (unpaired) electrons. The van der Waals surface area contributed by atoms with E-state index >= 15 is 0 Å². The minimum Gasteiger partial charge on any atom is -0.467 e. The van der Waals surface area contributed by atoms with Crippen LogP contribution in [-0.2, 0) is 11.3 Å². The minimum absolute atomic E-state index is 0.152. The lowest BCUT2D eigenvalue weighted by atomic mass is 10.2. The van der Waals surface area contributed by atoms with E-state index in [1.54, 1.807) is 30.8 Å². The Morgan fingerprint density at radius 3 is 2.87 bits per heavy atom. The number of halogens is 1. The summed E-state index contributed by atoms with van der Waals surface area (Å²) in [6.45, 7) is 2.31. The number of carbonyl (C=O) groups is 1. The van der Waals surface area contributed by atoms with E-state index in [0.29, 0.717) is 28.2 Å². The first-order chi connectivity index (χ1) is 14.6. The highest BCUT2D eigenvalue weighted by Crippen LogP contribution is 2.26. The van der Waals surface area contributed by atoms with Crippen LogP contribution in [0.1, 0.15) is 11.3 Å². The van der Waals surface area contributed by atoms with Gasteiger partial charge in [-0.05, 0) is 48.9 Å². The summed E-state index contributed by atoms with van der Waals surface area (Å²) in [5.41, 5.74) is 2.36. The number of benzene rings is 1. The molecule has 1 amide bonds. The van der Waals surface area contributed by atoms with Crippen molar-refractivity contribution in [2.45, 2.75) is 18.6 Å². The van der Waals surface area contributed by atoms with Gasteiger partial charge in [-0.2, -0.15) is 0 Å². The highest BCUT2D eigenvalue weighted by Gasteiger charge is 2.17. The predicted molar refractivity (Wildman–Crippen MR) is 117 cm³/mol. The molecule has 0 atom stereocenters. The second-order valence-corrected chi connectivity index (χ2v) is 7.81. The van der Waals surface area contributed by atoms with E-state index in [0.717, 1.165) is 16.9 Å². The number of carbonyl (C=O) groups excluding carboxylic acids is 1. The Labute approximate surface area is 182 Å². The van der Waals surface area contributed by atoms with Gasteiger partial charge in [0.2, 0.25) is 5.91 Å². The van der Waals surface area contributed by atoms with E-state index in [1.807, 2.05) is 41.8 Å². The van der Waals surface area contributed by atoms with Gasteiger partial charge in [0.25, 0.3) is 0 Å². The van der Waals surface area contributed by atoms with Gasteiger partial charge in [-0.15, -0.1) is 10.2 Å². The number of anilines is 1. The van der Waals surface area contributed by atoms with Gasteiger partial charge in [0.05, 0.1) is 18.6 Å². The molecule has 0 aliphatic heterocycles. The summed E-state index contributed by atoms with van der Waals surface area (Å²) >= 11 is 7.43. The summed E-state index contributed by atoms with van der Waals surface area (Å²) in [7, 11) is 0. The molecule has 7 nitrogen and oxygen atoms in total. The normalized spacial score (nSPS) is 10.9. The predicted octanol–water partition coefficient (Wildman–Crippen LogP) is 4.67. The molecule has 152 valence electrons. The average Bonchev–Trinajstić information content (AvgIpc) is 3.41. The van der Waals surface area contributed by atoms with Gasteiger partial charge in [0.15, 0.2) is 11.0 Å². The van der Waals surface area contributed by atoms with Crippen LogP contribution in [0, 0.1) is 6.92 Å². The fourth-order valence-corrected chi connectivity index (χ4v) is 3.78. The van der Waals surface area contributed by atoms with Crippen LogP contribution < -0.4 is 5.32 Å². The van der Waals surface area contributed by atoms with Gasteiger partial charge in [0, 0.05) is 28.7 Å². The fraction of sp³-hybridized carbons (Fsp3) is 0.143. The minimum atomic E-state index is -0.152. The molecular formula is C21H18ClN5O2S. The van der Waals surface area contributed by atoms with Crippen molar-refractivity contribution in [3.05, 3.63) is 77.5 Å². The van der Waals surface area contributed by atoms with Gasteiger partial charge >= 0.3 is 0 Å². The first kappa shape index (κ1) is 20.2. The van der Waals surface area contributed by atoms with Crippen LogP contribution >= 0.6 is 23.4 Å². The number of amides is 1. The Kier molecular flexibility index (Phi) is 6.15. The third kappa shape index (κ3) is 4.55. The summed E-state index contributed by atoms with van der Waals surface area (Å²) in [6, 6.07) is 12.9. The summed E-state index contributed by atoms with van der Waals surface area (Å²) in [6.07, 6.45) is 5.05. The first-order valence-corrected chi connectivity index (χ1v) is 10.5. The Balaban J connectivity index is 1.52. The monoisotopic (exact) mass is 439 g/mol. The van der Waals surface area contributed by atoms with Crippen molar-refractivity contribution >= 4 is 35.0 Å². The largest absolute Gasteiger partial charge is 0.467 e. The number of aromatic nitrogens is 4. The third-order valence-electron chi connectivity index (χ3n) is 4.40. The van der Waals surface area contributed by atoms with Crippen molar-refractivity contribution < 1.29 is 9.21 Å². The SMILES string of the molecule is Cc1c(Cl)cccc1NC(=O)CSc1nnc(-c2cccnc2)n1Cc1ccco1. The molecule has 0 spiro atoms. The van der Waals surface area contributed by atoms with Crippen molar-refractivity contribution in [3.63, 3.8) is 0 Å². The highest BCUT2D eigenvalue weighted by molar-refractivity contribution is 7.99. The molecule has 3 aromatic heterocycles. The fourth-order valence-electron chi connectivity index (χ4n) is 2.86. The zero-order valence-corrected chi connectivity index (χ0v) is 17.7. The second-order valence-electron chi connectivity index (χ2n) is 6.46. The molecule has 0 saturated heterocycles. The van der Waals surface area contributed by atoms with E-state index in [9.17, 15) is 4.79 Å². The topological polar surface area (TPSA) is 85.8 Å². The number of pyridine rings is 1. The maximum absolute atomic E-state index is 12.5. The van der Waals surface area contributed by atoms with E-state index in [1.165, 1.54) is 11.8 Å². The quantitative estimate of drug-likeness (QED) is 0.421. The molecule has 0 saturated carbocycles. The standard InChI is InChI=1S/C21H18ClN5O2S/c1-14-17(22)7-2-8-18(14)24-19(28)13-30-21-26-25-20(15-5-3-9-23-11-15)27(21)12-16-6-4-10-29-16/h2-11H,12-13H2,1H3,(H,24,28). The molecule has 30 heavy (non-hydrogen) atoms. The van der Waals surface area contributed by atoms with Crippen LogP contribution in [0.15, 0.2) is 70.7 Å². The van der Waals surface area contributed by atoms with Crippen LogP contribution in [0.3, 0.4) is 0 Å². The second kappa shape index (κ2) is 9.15. The molecule has 3 heterocycles. The number of nitrogens with one attached hydrogen (secondary N) is 1. The average molecular weight is 440 g/mol. The van der Waals surface area contributed by atoms with E-state index in [-0.39, 0.29) is 11.7 Å². The molecule has 0 unspecified atom stereocenters. The molecule has 9 heteroatoms. The first-order valence-electron chi connectivity index (χ1n) is 9.15. The summed E-state index contributed by atoms with van der Waals surface area (Å²) in [5.74, 6) is 1.45. The number of nitrogens with zero attached hydrogens (tertiary/aromatic N) is 4. The smallest absolute Gasteiger partial charge is 0.234 e. The van der Waals surface area contributed by atoms with Crippen molar-refractivity contribution in [2.24, 2.45) is 0 Å². The van der Waals surface area contributed by atoms with Gasteiger partial charge in [0.1, 0.15) is 5.76 Å². The van der Waals surface area contributed by atoms with Crippen molar-refractivity contribution in [2.75, 3.05) is 11.1 Å². The van der Waals surface area contributed by atoms with Crippen LogP contribution in [-0.4, -0.2) is 31.4 Å². The molecule has 0 aliphatic carbocycles. The van der Waals surface area contributed by atoms with E-state index in [2.05, 4.69) is 20.5 Å². The molecule has 0 fully saturated rings. The maximum Gasteiger partial charge on any atom is 0.234 e. The summed E-state index contributed by atoms with van der Waals surface area (Å²) in [5, 5.41) is 12.7.